The zero-order chi connectivity index (χ0) is 14.4. The third-order valence-corrected chi connectivity index (χ3v) is 3.28. The number of methoxy groups -OCH3 is 1. The first kappa shape index (κ1) is 14.5. The molecule has 20 heavy (non-hydrogen) atoms. The molecule has 0 aliphatic heterocycles. The Morgan fingerprint density at radius 2 is 2.15 bits per heavy atom. The Labute approximate surface area is 120 Å². The van der Waals surface area contributed by atoms with E-state index >= 15 is 0 Å². The van der Waals surface area contributed by atoms with Crippen LogP contribution in [0.25, 0.3) is 0 Å². The van der Waals surface area contributed by atoms with Gasteiger partial charge in [0.25, 0.3) is 0 Å². The number of pyridine rings is 2. The van der Waals surface area contributed by atoms with E-state index in [0.717, 1.165) is 30.0 Å². The van der Waals surface area contributed by atoms with Crippen molar-refractivity contribution in [3.8, 4) is 5.75 Å². The van der Waals surface area contributed by atoms with Gasteiger partial charge in [0.05, 0.1) is 13.2 Å². The van der Waals surface area contributed by atoms with Crippen LogP contribution in [0.4, 0.5) is 0 Å². The van der Waals surface area contributed by atoms with E-state index in [1.54, 1.807) is 13.3 Å². The van der Waals surface area contributed by atoms with Gasteiger partial charge in [0.2, 0.25) is 0 Å². The van der Waals surface area contributed by atoms with Crippen molar-refractivity contribution in [2.45, 2.75) is 26.3 Å². The topological polar surface area (TPSA) is 47.0 Å². The summed E-state index contributed by atoms with van der Waals surface area (Å²) >= 11 is 0. The molecular weight excluding hydrogens is 250 g/mol. The fraction of sp³-hybridized carbons (Fsp3) is 0.375. The van der Waals surface area contributed by atoms with Crippen LogP contribution in [0, 0.1) is 6.92 Å². The van der Waals surface area contributed by atoms with Gasteiger partial charge in [0.15, 0.2) is 0 Å². The van der Waals surface area contributed by atoms with Crippen LogP contribution in [0.15, 0.2) is 36.8 Å². The molecule has 2 heterocycles. The molecule has 0 fully saturated rings. The van der Waals surface area contributed by atoms with Crippen LogP contribution in [-0.4, -0.2) is 23.6 Å². The summed E-state index contributed by atoms with van der Waals surface area (Å²) in [6, 6.07) is 5.84. The smallest absolute Gasteiger partial charge is 0.142 e. The highest BCUT2D eigenvalue weighted by atomic mass is 16.5. The summed E-state index contributed by atoms with van der Waals surface area (Å²) in [5.74, 6) is 0.796. The summed E-state index contributed by atoms with van der Waals surface area (Å²) in [5, 5.41) is 3.54. The van der Waals surface area contributed by atoms with Crippen LogP contribution in [0.1, 0.15) is 36.2 Å². The first-order valence-corrected chi connectivity index (χ1v) is 6.90. The maximum absolute atomic E-state index is 5.44. The lowest BCUT2D eigenvalue weighted by Gasteiger charge is -2.21. The summed E-state index contributed by atoms with van der Waals surface area (Å²) in [6.45, 7) is 5.15. The average molecular weight is 271 g/mol. The van der Waals surface area contributed by atoms with E-state index < -0.39 is 0 Å². The van der Waals surface area contributed by atoms with Crippen molar-refractivity contribution in [1.82, 2.24) is 15.3 Å². The Hall–Kier alpha value is -1.94. The number of rotatable bonds is 6. The Bertz CT molecular complexity index is 557. The molecule has 4 nitrogen and oxygen atoms in total. The van der Waals surface area contributed by atoms with Gasteiger partial charge < -0.3 is 10.1 Å². The predicted molar refractivity (Wildman–Crippen MR) is 79.9 cm³/mol. The second kappa shape index (κ2) is 7.01. The van der Waals surface area contributed by atoms with E-state index in [1.807, 2.05) is 30.6 Å². The monoisotopic (exact) mass is 271 g/mol. The van der Waals surface area contributed by atoms with Crippen molar-refractivity contribution in [3.05, 3.63) is 53.6 Å². The van der Waals surface area contributed by atoms with E-state index in [4.69, 9.17) is 4.74 Å². The van der Waals surface area contributed by atoms with Crippen LogP contribution in [0.5, 0.6) is 5.75 Å². The van der Waals surface area contributed by atoms with Gasteiger partial charge in [-0.2, -0.15) is 0 Å². The third kappa shape index (κ3) is 3.14. The van der Waals surface area contributed by atoms with Gasteiger partial charge >= 0.3 is 0 Å². The molecule has 1 unspecified atom stereocenters. The second-order valence-electron chi connectivity index (χ2n) is 4.71. The Kier molecular flexibility index (Phi) is 5.07. The molecule has 1 N–H and O–H groups in total. The SMILES string of the molecule is CCCNC(c1cnccc1C)c1ncccc1OC. The van der Waals surface area contributed by atoms with Gasteiger partial charge in [-0.3, -0.25) is 9.97 Å². The van der Waals surface area contributed by atoms with Gasteiger partial charge in [-0.05, 0) is 49.2 Å². The highest BCUT2D eigenvalue weighted by Gasteiger charge is 2.20. The van der Waals surface area contributed by atoms with E-state index in [2.05, 4.69) is 29.1 Å². The molecule has 1 atom stereocenters. The number of ether oxygens (including phenoxy) is 1. The molecular formula is C16H21N3O. The van der Waals surface area contributed by atoms with Crippen molar-refractivity contribution in [2.24, 2.45) is 0 Å². The molecule has 2 rings (SSSR count). The fourth-order valence-corrected chi connectivity index (χ4v) is 2.21. The molecule has 0 saturated heterocycles. The van der Waals surface area contributed by atoms with Gasteiger partial charge in [-0.25, -0.2) is 0 Å². The molecule has 4 heteroatoms. The maximum atomic E-state index is 5.44. The first-order chi connectivity index (χ1) is 9.77. The molecule has 0 spiro atoms. The van der Waals surface area contributed by atoms with Crippen LogP contribution < -0.4 is 10.1 Å². The molecule has 0 aliphatic carbocycles. The zero-order valence-electron chi connectivity index (χ0n) is 12.3. The second-order valence-corrected chi connectivity index (χ2v) is 4.71. The van der Waals surface area contributed by atoms with Gasteiger partial charge in [0.1, 0.15) is 11.4 Å². The minimum absolute atomic E-state index is 0.000185. The summed E-state index contributed by atoms with van der Waals surface area (Å²) in [4.78, 5) is 8.75. The lowest BCUT2D eigenvalue weighted by molar-refractivity contribution is 0.399. The lowest BCUT2D eigenvalue weighted by atomic mass is 10.00. The summed E-state index contributed by atoms with van der Waals surface area (Å²) < 4.78 is 5.44. The van der Waals surface area contributed by atoms with Crippen molar-refractivity contribution in [3.63, 3.8) is 0 Å². The van der Waals surface area contributed by atoms with Crippen LogP contribution in [-0.2, 0) is 0 Å². The van der Waals surface area contributed by atoms with Crippen molar-refractivity contribution in [1.29, 1.82) is 0 Å². The van der Waals surface area contributed by atoms with Crippen molar-refractivity contribution in [2.75, 3.05) is 13.7 Å². The number of hydrogen-bond acceptors (Lipinski definition) is 4. The Morgan fingerprint density at radius 3 is 2.85 bits per heavy atom. The molecule has 0 aliphatic rings. The fourth-order valence-electron chi connectivity index (χ4n) is 2.21. The van der Waals surface area contributed by atoms with Gasteiger partial charge in [-0.1, -0.05) is 6.92 Å². The molecule has 0 aromatic carbocycles. The molecule has 0 saturated carbocycles. The summed E-state index contributed by atoms with van der Waals surface area (Å²) in [6.07, 6.45) is 6.57. The minimum atomic E-state index is -0.000185. The van der Waals surface area contributed by atoms with Gasteiger partial charge in [0, 0.05) is 18.6 Å². The number of aromatic nitrogens is 2. The summed E-state index contributed by atoms with van der Waals surface area (Å²) in [5.41, 5.74) is 3.24. The Morgan fingerprint density at radius 1 is 1.30 bits per heavy atom. The standard InChI is InChI=1S/C16H21N3O/c1-4-8-18-15(13-11-17-10-7-12(13)2)16-14(20-3)6-5-9-19-16/h5-7,9-11,15,18H,4,8H2,1-3H3. The predicted octanol–water partition coefficient (Wildman–Crippen LogP) is 2.88. The largest absolute Gasteiger partial charge is 0.495 e. The Balaban J connectivity index is 2.44. The van der Waals surface area contributed by atoms with Crippen LogP contribution in [0.3, 0.4) is 0 Å². The van der Waals surface area contributed by atoms with E-state index in [-0.39, 0.29) is 6.04 Å². The van der Waals surface area contributed by atoms with Crippen molar-refractivity contribution < 1.29 is 4.74 Å². The number of nitrogens with zero attached hydrogens (tertiary/aromatic N) is 2. The molecule has 0 radical (unpaired) electrons. The molecule has 0 bridgehead atoms. The number of aryl methyl sites for hydroxylation is 1. The van der Waals surface area contributed by atoms with E-state index in [0.29, 0.717) is 0 Å². The lowest BCUT2D eigenvalue weighted by Crippen LogP contribution is -2.25. The average Bonchev–Trinajstić information content (AvgIpc) is 2.49. The minimum Gasteiger partial charge on any atom is -0.495 e. The summed E-state index contributed by atoms with van der Waals surface area (Å²) in [7, 11) is 1.67. The first-order valence-electron chi connectivity index (χ1n) is 6.90. The van der Waals surface area contributed by atoms with Crippen LogP contribution in [0.2, 0.25) is 0 Å². The normalized spacial score (nSPS) is 12.2. The molecule has 2 aromatic heterocycles. The highest BCUT2D eigenvalue weighted by Crippen LogP contribution is 2.29. The molecule has 0 amide bonds. The van der Waals surface area contributed by atoms with Crippen LogP contribution >= 0.6 is 0 Å². The highest BCUT2D eigenvalue weighted by molar-refractivity contribution is 5.38. The van der Waals surface area contributed by atoms with E-state index in [9.17, 15) is 0 Å². The van der Waals surface area contributed by atoms with E-state index in [1.165, 1.54) is 5.56 Å². The zero-order valence-corrected chi connectivity index (χ0v) is 12.3. The third-order valence-electron chi connectivity index (χ3n) is 3.28. The number of nitrogens with one attached hydrogen (secondary N) is 1. The van der Waals surface area contributed by atoms with Gasteiger partial charge in [-0.15, -0.1) is 0 Å². The quantitative estimate of drug-likeness (QED) is 0.877. The maximum Gasteiger partial charge on any atom is 0.142 e. The molecule has 2 aromatic rings. The molecule has 106 valence electrons. The van der Waals surface area contributed by atoms with Crippen molar-refractivity contribution >= 4 is 0 Å². The number of hydrogen-bond donors (Lipinski definition) is 1.